The summed E-state index contributed by atoms with van der Waals surface area (Å²) in [6.07, 6.45) is 4.19. The fourth-order valence-corrected chi connectivity index (χ4v) is 1.65. The molecular weight excluding hydrogens is 160 g/mol. The SMILES string of the molecule is CCn1cccc1-c1cccn1C. The summed E-state index contributed by atoms with van der Waals surface area (Å²) in [6, 6.07) is 8.45. The predicted molar refractivity (Wildman–Crippen MR) is 54.5 cm³/mol. The number of hydrogen-bond acceptors (Lipinski definition) is 0. The van der Waals surface area contributed by atoms with E-state index in [0.29, 0.717) is 0 Å². The summed E-state index contributed by atoms with van der Waals surface area (Å²) < 4.78 is 4.39. The Morgan fingerprint density at radius 3 is 2.38 bits per heavy atom. The minimum Gasteiger partial charge on any atom is -0.349 e. The third-order valence-corrected chi connectivity index (χ3v) is 2.38. The Labute approximate surface area is 78.4 Å². The summed E-state index contributed by atoms with van der Waals surface area (Å²) in [7, 11) is 2.07. The Bertz CT molecular complexity index is 396. The smallest absolute Gasteiger partial charge is 0.0647 e. The third kappa shape index (κ3) is 1.28. The molecule has 0 aliphatic rings. The van der Waals surface area contributed by atoms with Crippen LogP contribution in [0.2, 0.25) is 0 Å². The predicted octanol–water partition coefficient (Wildman–Crippen LogP) is 2.51. The van der Waals surface area contributed by atoms with Gasteiger partial charge in [0, 0.05) is 26.0 Å². The average Bonchev–Trinajstić information content (AvgIpc) is 2.71. The van der Waals surface area contributed by atoms with E-state index < -0.39 is 0 Å². The summed E-state index contributed by atoms with van der Waals surface area (Å²) in [5, 5.41) is 0. The van der Waals surface area contributed by atoms with Gasteiger partial charge in [-0.15, -0.1) is 0 Å². The zero-order valence-electron chi connectivity index (χ0n) is 8.07. The molecule has 0 unspecified atom stereocenters. The van der Waals surface area contributed by atoms with Gasteiger partial charge in [0.25, 0.3) is 0 Å². The quantitative estimate of drug-likeness (QED) is 0.662. The van der Waals surface area contributed by atoms with E-state index in [0.717, 1.165) is 6.54 Å². The van der Waals surface area contributed by atoms with Crippen molar-refractivity contribution in [2.24, 2.45) is 7.05 Å². The Morgan fingerprint density at radius 1 is 1.08 bits per heavy atom. The van der Waals surface area contributed by atoms with Crippen molar-refractivity contribution in [3.63, 3.8) is 0 Å². The van der Waals surface area contributed by atoms with Crippen LogP contribution >= 0.6 is 0 Å². The second-order valence-electron chi connectivity index (χ2n) is 3.18. The second-order valence-corrected chi connectivity index (χ2v) is 3.18. The van der Waals surface area contributed by atoms with E-state index in [1.54, 1.807) is 0 Å². The summed E-state index contributed by atoms with van der Waals surface area (Å²) in [5.74, 6) is 0. The largest absolute Gasteiger partial charge is 0.349 e. The van der Waals surface area contributed by atoms with E-state index in [4.69, 9.17) is 0 Å². The van der Waals surface area contributed by atoms with E-state index in [1.165, 1.54) is 11.4 Å². The molecule has 68 valence electrons. The molecule has 2 heterocycles. The fraction of sp³-hybridized carbons (Fsp3) is 0.273. The van der Waals surface area contributed by atoms with Crippen LogP contribution in [-0.2, 0) is 13.6 Å². The number of aromatic nitrogens is 2. The highest BCUT2D eigenvalue weighted by Gasteiger charge is 2.04. The second kappa shape index (κ2) is 3.13. The van der Waals surface area contributed by atoms with Crippen LogP contribution in [0, 0.1) is 0 Å². The number of hydrogen-bond donors (Lipinski definition) is 0. The molecular formula is C11H14N2. The first-order chi connectivity index (χ1) is 6.33. The van der Waals surface area contributed by atoms with Gasteiger partial charge in [-0.2, -0.15) is 0 Å². The van der Waals surface area contributed by atoms with Crippen LogP contribution in [0.25, 0.3) is 11.4 Å². The van der Waals surface area contributed by atoms with Crippen molar-refractivity contribution in [3.05, 3.63) is 36.7 Å². The van der Waals surface area contributed by atoms with Crippen LogP contribution in [0.5, 0.6) is 0 Å². The lowest BCUT2D eigenvalue weighted by molar-refractivity contribution is 0.767. The molecule has 0 N–H and O–H groups in total. The van der Waals surface area contributed by atoms with Crippen LogP contribution in [0.4, 0.5) is 0 Å². The zero-order valence-corrected chi connectivity index (χ0v) is 8.07. The highest BCUT2D eigenvalue weighted by Crippen LogP contribution is 2.19. The number of rotatable bonds is 2. The van der Waals surface area contributed by atoms with Crippen molar-refractivity contribution in [3.8, 4) is 11.4 Å². The molecule has 0 bridgehead atoms. The Morgan fingerprint density at radius 2 is 1.77 bits per heavy atom. The summed E-state index contributed by atoms with van der Waals surface area (Å²) >= 11 is 0. The third-order valence-electron chi connectivity index (χ3n) is 2.38. The minimum atomic E-state index is 1.02. The molecule has 0 amide bonds. The Balaban J connectivity index is 2.52. The van der Waals surface area contributed by atoms with Gasteiger partial charge in [-0.05, 0) is 31.2 Å². The molecule has 2 aromatic heterocycles. The number of aryl methyl sites for hydroxylation is 2. The average molecular weight is 174 g/mol. The van der Waals surface area contributed by atoms with E-state index in [9.17, 15) is 0 Å². The van der Waals surface area contributed by atoms with Crippen molar-refractivity contribution in [1.29, 1.82) is 0 Å². The van der Waals surface area contributed by atoms with Crippen LogP contribution in [-0.4, -0.2) is 9.13 Å². The van der Waals surface area contributed by atoms with Crippen molar-refractivity contribution >= 4 is 0 Å². The van der Waals surface area contributed by atoms with Gasteiger partial charge in [0.2, 0.25) is 0 Å². The van der Waals surface area contributed by atoms with E-state index in [1.807, 2.05) is 0 Å². The van der Waals surface area contributed by atoms with Gasteiger partial charge in [0.15, 0.2) is 0 Å². The molecule has 0 aliphatic carbocycles. The van der Waals surface area contributed by atoms with Crippen molar-refractivity contribution in [2.75, 3.05) is 0 Å². The monoisotopic (exact) mass is 174 g/mol. The summed E-state index contributed by atoms with van der Waals surface area (Å²) in [5.41, 5.74) is 2.56. The molecule has 0 saturated carbocycles. The zero-order chi connectivity index (χ0) is 9.26. The van der Waals surface area contributed by atoms with Crippen molar-refractivity contribution in [2.45, 2.75) is 13.5 Å². The lowest BCUT2D eigenvalue weighted by atomic mass is 10.3. The molecule has 2 heteroatoms. The first-order valence-corrected chi connectivity index (χ1v) is 4.59. The topological polar surface area (TPSA) is 9.86 Å². The molecule has 0 aromatic carbocycles. The standard InChI is InChI=1S/C11H14N2/c1-3-13-9-5-7-11(13)10-6-4-8-12(10)2/h4-9H,3H2,1-2H3. The Hall–Kier alpha value is -1.44. The van der Waals surface area contributed by atoms with Crippen LogP contribution in [0.3, 0.4) is 0 Å². The molecule has 2 rings (SSSR count). The van der Waals surface area contributed by atoms with Gasteiger partial charge in [-0.3, -0.25) is 0 Å². The molecule has 13 heavy (non-hydrogen) atoms. The molecule has 2 aromatic rings. The molecule has 0 radical (unpaired) electrons. The molecule has 0 atom stereocenters. The maximum Gasteiger partial charge on any atom is 0.0647 e. The summed E-state index contributed by atoms with van der Waals surface area (Å²) in [4.78, 5) is 0. The van der Waals surface area contributed by atoms with Crippen LogP contribution in [0.1, 0.15) is 6.92 Å². The van der Waals surface area contributed by atoms with Gasteiger partial charge >= 0.3 is 0 Å². The first-order valence-electron chi connectivity index (χ1n) is 4.59. The minimum absolute atomic E-state index is 1.02. The highest BCUT2D eigenvalue weighted by atomic mass is 15.0. The molecule has 0 aliphatic heterocycles. The molecule has 0 saturated heterocycles. The Kier molecular flexibility index (Phi) is 1.97. The first kappa shape index (κ1) is 8.17. The lowest BCUT2D eigenvalue weighted by Gasteiger charge is -2.06. The van der Waals surface area contributed by atoms with Crippen molar-refractivity contribution < 1.29 is 0 Å². The fourth-order valence-electron chi connectivity index (χ4n) is 1.65. The van der Waals surface area contributed by atoms with E-state index in [-0.39, 0.29) is 0 Å². The van der Waals surface area contributed by atoms with Gasteiger partial charge in [-0.1, -0.05) is 0 Å². The molecule has 0 spiro atoms. The normalized spacial score (nSPS) is 10.6. The number of nitrogens with zero attached hydrogens (tertiary/aromatic N) is 2. The van der Waals surface area contributed by atoms with E-state index in [2.05, 4.69) is 59.8 Å². The van der Waals surface area contributed by atoms with E-state index >= 15 is 0 Å². The van der Waals surface area contributed by atoms with Crippen molar-refractivity contribution in [1.82, 2.24) is 9.13 Å². The highest BCUT2D eigenvalue weighted by molar-refractivity contribution is 5.56. The summed E-state index contributed by atoms with van der Waals surface area (Å²) in [6.45, 7) is 3.18. The maximum absolute atomic E-state index is 2.25. The van der Waals surface area contributed by atoms with Crippen LogP contribution in [0.15, 0.2) is 36.7 Å². The molecule has 2 nitrogen and oxygen atoms in total. The lowest BCUT2D eigenvalue weighted by Crippen LogP contribution is -1.98. The van der Waals surface area contributed by atoms with Gasteiger partial charge in [0.05, 0.1) is 11.4 Å². The van der Waals surface area contributed by atoms with Gasteiger partial charge < -0.3 is 9.13 Å². The molecule has 0 fully saturated rings. The van der Waals surface area contributed by atoms with Gasteiger partial charge in [-0.25, -0.2) is 0 Å². The maximum atomic E-state index is 2.25. The van der Waals surface area contributed by atoms with Crippen LogP contribution < -0.4 is 0 Å². The van der Waals surface area contributed by atoms with Gasteiger partial charge in [0.1, 0.15) is 0 Å².